The number of aryl methyl sites for hydroxylation is 1. The molecule has 0 atom stereocenters. The maximum Gasteiger partial charge on any atom is 0.128 e. The van der Waals surface area contributed by atoms with Crippen LogP contribution in [0, 0.1) is 6.92 Å². The van der Waals surface area contributed by atoms with Crippen molar-refractivity contribution in [1.82, 2.24) is 10.2 Å². The average Bonchev–Trinajstić information content (AvgIpc) is 2.81. The van der Waals surface area contributed by atoms with E-state index in [4.69, 9.17) is 10.5 Å². The molecule has 3 aromatic rings. The van der Waals surface area contributed by atoms with Gasteiger partial charge in [-0.3, -0.25) is 5.10 Å². The number of nitrogens with zero attached hydrogens (tertiary/aromatic N) is 1. The van der Waals surface area contributed by atoms with Crippen LogP contribution in [0.3, 0.4) is 0 Å². The third-order valence-electron chi connectivity index (χ3n) is 3.20. The van der Waals surface area contributed by atoms with Gasteiger partial charge in [-0.05, 0) is 37.3 Å². The molecule has 4 heteroatoms. The minimum Gasteiger partial charge on any atom is -0.496 e. The van der Waals surface area contributed by atoms with E-state index in [0.29, 0.717) is 0 Å². The molecule has 0 saturated carbocycles. The summed E-state index contributed by atoms with van der Waals surface area (Å²) in [6, 6.07) is 11.8. The molecule has 0 amide bonds. The van der Waals surface area contributed by atoms with E-state index in [1.807, 2.05) is 37.3 Å². The Kier molecular flexibility index (Phi) is 2.63. The van der Waals surface area contributed by atoms with Crippen molar-refractivity contribution in [2.24, 2.45) is 0 Å². The average molecular weight is 253 g/mol. The lowest BCUT2D eigenvalue weighted by Gasteiger charge is -2.07. The second-order valence-electron chi connectivity index (χ2n) is 4.58. The van der Waals surface area contributed by atoms with Crippen LogP contribution in [0.1, 0.15) is 5.56 Å². The van der Waals surface area contributed by atoms with Gasteiger partial charge in [-0.15, -0.1) is 0 Å². The van der Waals surface area contributed by atoms with Crippen molar-refractivity contribution >= 4 is 16.6 Å². The topological polar surface area (TPSA) is 63.9 Å². The molecular formula is C15H15N3O. The molecular weight excluding hydrogens is 238 g/mol. The lowest BCUT2D eigenvalue weighted by molar-refractivity contribution is 0.416. The van der Waals surface area contributed by atoms with Crippen LogP contribution < -0.4 is 10.5 Å². The summed E-state index contributed by atoms with van der Waals surface area (Å²) in [7, 11) is 1.66. The predicted octanol–water partition coefficient (Wildman–Crippen LogP) is 3.13. The maximum absolute atomic E-state index is 5.86. The Morgan fingerprint density at radius 3 is 2.79 bits per heavy atom. The standard InChI is InChI=1S/C15H15N3O/c1-9-3-6-14(19-2)12(7-9)15-11-8-10(16)4-5-13(11)17-18-15/h3-8H,16H2,1-2H3,(H,17,18). The molecule has 0 spiro atoms. The van der Waals surface area contributed by atoms with Crippen molar-refractivity contribution in [1.29, 1.82) is 0 Å². The van der Waals surface area contributed by atoms with Gasteiger partial charge < -0.3 is 10.5 Å². The van der Waals surface area contributed by atoms with E-state index < -0.39 is 0 Å². The van der Waals surface area contributed by atoms with Gasteiger partial charge >= 0.3 is 0 Å². The van der Waals surface area contributed by atoms with E-state index in [1.54, 1.807) is 7.11 Å². The maximum atomic E-state index is 5.86. The Hall–Kier alpha value is -2.49. The number of nitrogen functional groups attached to an aromatic ring is 1. The number of aromatic nitrogens is 2. The monoisotopic (exact) mass is 253 g/mol. The molecule has 3 rings (SSSR count). The number of rotatable bonds is 2. The number of anilines is 1. The quantitative estimate of drug-likeness (QED) is 0.690. The number of fused-ring (bicyclic) bond motifs is 1. The fourth-order valence-corrected chi connectivity index (χ4v) is 2.24. The van der Waals surface area contributed by atoms with Gasteiger partial charge in [0.25, 0.3) is 0 Å². The fourth-order valence-electron chi connectivity index (χ4n) is 2.24. The zero-order valence-corrected chi connectivity index (χ0v) is 10.9. The second kappa shape index (κ2) is 4.31. The minimum absolute atomic E-state index is 0.724. The van der Waals surface area contributed by atoms with E-state index in [2.05, 4.69) is 16.3 Å². The molecule has 0 fully saturated rings. The highest BCUT2D eigenvalue weighted by atomic mass is 16.5. The Morgan fingerprint density at radius 1 is 1.16 bits per heavy atom. The molecule has 0 bridgehead atoms. The summed E-state index contributed by atoms with van der Waals surface area (Å²) in [5.41, 5.74) is 10.5. The number of nitrogens with two attached hydrogens (primary N) is 1. The lowest BCUT2D eigenvalue weighted by atomic mass is 10.0. The van der Waals surface area contributed by atoms with E-state index in [0.717, 1.165) is 39.2 Å². The fraction of sp³-hybridized carbons (Fsp3) is 0.133. The van der Waals surface area contributed by atoms with Crippen LogP contribution >= 0.6 is 0 Å². The highest BCUT2D eigenvalue weighted by Gasteiger charge is 2.13. The number of aromatic amines is 1. The van der Waals surface area contributed by atoms with Gasteiger partial charge in [-0.2, -0.15) is 5.10 Å². The van der Waals surface area contributed by atoms with E-state index in [1.165, 1.54) is 0 Å². The number of ether oxygens (including phenoxy) is 1. The molecule has 19 heavy (non-hydrogen) atoms. The second-order valence-corrected chi connectivity index (χ2v) is 4.58. The van der Waals surface area contributed by atoms with Gasteiger partial charge in [0, 0.05) is 16.6 Å². The van der Waals surface area contributed by atoms with Crippen LogP contribution in [0.25, 0.3) is 22.2 Å². The number of methoxy groups -OCH3 is 1. The van der Waals surface area contributed by atoms with E-state index in [-0.39, 0.29) is 0 Å². The summed E-state index contributed by atoms with van der Waals surface area (Å²) < 4.78 is 5.42. The van der Waals surface area contributed by atoms with Gasteiger partial charge in [0.1, 0.15) is 11.4 Å². The number of benzene rings is 2. The van der Waals surface area contributed by atoms with Gasteiger partial charge in [0.2, 0.25) is 0 Å². The SMILES string of the molecule is COc1ccc(C)cc1-c1n[nH]c2ccc(N)cc12. The normalized spacial score (nSPS) is 10.8. The van der Waals surface area contributed by atoms with Crippen LogP contribution in [0.4, 0.5) is 5.69 Å². The van der Waals surface area contributed by atoms with Crippen molar-refractivity contribution < 1.29 is 4.74 Å². The van der Waals surface area contributed by atoms with Gasteiger partial charge in [-0.1, -0.05) is 11.6 Å². The minimum atomic E-state index is 0.724. The van der Waals surface area contributed by atoms with Crippen molar-refractivity contribution in [3.63, 3.8) is 0 Å². The summed E-state index contributed by atoms with van der Waals surface area (Å²) in [5.74, 6) is 0.807. The first-order valence-electron chi connectivity index (χ1n) is 6.07. The molecule has 0 aliphatic heterocycles. The third-order valence-corrected chi connectivity index (χ3v) is 3.20. The van der Waals surface area contributed by atoms with Gasteiger partial charge in [0.15, 0.2) is 0 Å². The highest BCUT2D eigenvalue weighted by molar-refractivity contribution is 5.96. The third kappa shape index (κ3) is 1.91. The lowest BCUT2D eigenvalue weighted by Crippen LogP contribution is -1.90. The van der Waals surface area contributed by atoms with Crippen LogP contribution in [-0.4, -0.2) is 17.3 Å². The smallest absolute Gasteiger partial charge is 0.128 e. The highest BCUT2D eigenvalue weighted by Crippen LogP contribution is 2.34. The molecule has 3 N–H and O–H groups in total. The molecule has 1 heterocycles. The van der Waals surface area contributed by atoms with Crippen molar-refractivity contribution in [3.05, 3.63) is 42.0 Å². The van der Waals surface area contributed by atoms with Gasteiger partial charge in [0.05, 0.1) is 12.6 Å². The number of hydrogen-bond donors (Lipinski definition) is 2. The molecule has 0 unspecified atom stereocenters. The molecule has 0 aliphatic carbocycles. The molecule has 0 aliphatic rings. The molecule has 1 aromatic heterocycles. The zero-order valence-electron chi connectivity index (χ0n) is 10.9. The number of H-pyrrole nitrogens is 1. The molecule has 0 saturated heterocycles. The summed E-state index contributed by atoms with van der Waals surface area (Å²) in [6.45, 7) is 2.05. The Balaban J connectivity index is 2.29. The van der Waals surface area contributed by atoms with Crippen molar-refractivity contribution in [2.75, 3.05) is 12.8 Å². The first-order valence-corrected chi connectivity index (χ1v) is 6.07. The first-order chi connectivity index (χ1) is 9.19. The Morgan fingerprint density at radius 2 is 2.00 bits per heavy atom. The molecule has 4 nitrogen and oxygen atoms in total. The largest absolute Gasteiger partial charge is 0.496 e. The summed E-state index contributed by atoms with van der Waals surface area (Å²) in [4.78, 5) is 0. The van der Waals surface area contributed by atoms with E-state index in [9.17, 15) is 0 Å². The van der Waals surface area contributed by atoms with Crippen LogP contribution in [-0.2, 0) is 0 Å². The molecule has 96 valence electrons. The molecule has 0 radical (unpaired) electrons. The number of hydrogen-bond acceptors (Lipinski definition) is 3. The summed E-state index contributed by atoms with van der Waals surface area (Å²) in [5, 5.41) is 8.42. The van der Waals surface area contributed by atoms with Crippen molar-refractivity contribution in [2.45, 2.75) is 6.92 Å². The van der Waals surface area contributed by atoms with Crippen molar-refractivity contribution in [3.8, 4) is 17.0 Å². The number of nitrogens with one attached hydrogen (secondary N) is 1. The van der Waals surface area contributed by atoms with E-state index >= 15 is 0 Å². The zero-order chi connectivity index (χ0) is 13.4. The first kappa shape index (κ1) is 11.6. The summed E-state index contributed by atoms with van der Waals surface area (Å²) >= 11 is 0. The Labute approximate surface area is 111 Å². The summed E-state index contributed by atoms with van der Waals surface area (Å²) in [6.07, 6.45) is 0. The predicted molar refractivity (Wildman–Crippen MR) is 77.2 cm³/mol. The Bertz CT molecular complexity index is 746. The van der Waals surface area contributed by atoms with Crippen LogP contribution in [0.2, 0.25) is 0 Å². The van der Waals surface area contributed by atoms with Gasteiger partial charge in [-0.25, -0.2) is 0 Å². The van der Waals surface area contributed by atoms with Crippen LogP contribution in [0.5, 0.6) is 5.75 Å². The molecule has 2 aromatic carbocycles. The van der Waals surface area contributed by atoms with Crippen LogP contribution in [0.15, 0.2) is 36.4 Å².